The van der Waals surface area contributed by atoms with Crippen molar-refractivity contribution in [2.75, 3.05) is 6.61 Å². The van der Waals surface area contributed by atoms with Gasteiger partial charge in [-0.3, -0.25) is 0 Å². The van der Waals surface area contributed by atoms with E-state index in [-0.39, 0.29) is 12.6 Å². The zero-order chi connectivity index (χ0) is 13.5. The second kappa shape index (κ2) is 7.38. The number of nitrogens with one attached hydrogen (secondary N) is 1. The van der Waals surface area contributed by atoms with Crippen LogP contribution in [-0.4, -0.2) is 22.7 Å². The van der Waals surface area contributed by atoms with Gasteiger partial charge in [0.1, 0.15) is 4.60 Å². The molecule has 0 spiro atoms. The van der Waals surface area contributed by atoms with Crippen molar-refractivity contribution in [1.29, 1.82) is 0 Å². The number of pyridine rings is 1. The summed E-state index contributed by atoms with van der Waals surface area (Å²) in [6.07, 6.45) is 0.811. The van der Waals surface area contributed by atoms with Crippen LogP contribution in [0.25, 0.3) is 0 Å². The van der Waals surface area contributed by atoms with E-state index in [2.05, 4.69) is 38.4 Å². The summed E-state index contributed by atoms with van der Waals surface area (Å²) in [6, 6.07) is 16.0. The molecule has 2 aromatic rings. The van der Waals surface area contributed by atoms with Gasteiger partial charge in [0.2, 0.25) is 0 Å². The van der Waals surface area contributed by atoms with Crippen LogP contribution in [0.4, 0.5) is 0 Å². The molecule has 0 fully saturated rings. The van der Waals surface area contributed by atoms with Gasteiger partial charge >= 0.3 is 0 Å². The van der Waals surface area contributed by atoms with E-state index in [1.54, 1.807) is 0 Å². The van der Waals surface area contributed by atoms with Crippen LogP contribution in [0.2, 0.25) is 0 Å². The van der Waals surface area contributed by atoms with E-state index in [1.165, 1.54) is 5.56 Å². The number of aliphatic hydroxyl groups is 1. The number of nitrogens with zero attached hydrogens (tertiary/aromatic N) is 1. The molecule has 0 aliphatic carbocycles. The Kier molecular flexibility index (Phi) is 5.51. The maximum atomic E-state index is 9.43. The van der Waals surface area contributed by atoms with Crippen LogP contribution in [-0.2, 0) is 13.0 Å². The molecule has 19 heavy (non-hydrogen) atoms. The van der Waals surface area contributed by atoms with Crippen molar-refractivity contribution in [1.82, 2.24) is 10.3 Å². The van der Waals surface area contributed by atoms with Crippen LogP contribution < -0.4 is 5.32 Å². The summed E-state index contributed by atoms with van der Waals surface area (Å²) in [7, 11) is 0. The van der Waals surface area contributed by atoms with Gasteiger partial charge in [-0.25, -0.2) is 4.98 Å². The fraction of sp³-hybridized carbons (Fsp3) is 0.267. The second-order valence-electron chi connectivity index (χ2n) is 4.40. The summed E-state index contributed by atoms with van der Waals surface area (Å²) in [5.41, 5.74) is 2.18. The lowest BCUT2D eigenvalue weighted by atomic mass is 10.1. The first-order valence-corrected chi connectivity index (χ1v) is 7.07. The first-order chi connectivity index (χ1) is 9.28. The molecule has 1 atom stereocenters. The Labute approximate surface area is 121 Å². The highest BCUT2D eigenvalue weighted by Gasteiger charge is 2.08. The van der Waals surface area contributed by atoms with Crippen molar-refractivity contribution < 1.29 is 5.11 Å². The number of hydrogen-bond acceptors (Lipinski definition) is 3. The van der Waals surface area contributed by atoms with Crippen molar-refractivity contribution >= 4 is 15.9 Å². The molecule has 3 nitrogen and oxygen atoms in total. The third-order valence-electron chi connectivity index (χ3n) is 2.89. The van der Waals surface area contributed by atoms with Crippen molar-refractivity contribution in [2.24, 2.45) is 0 Å². The number of aliphatic hydroxyl groups excluding tert-OH is 1. The second-order valence-corrected chi connectivity index (χ2v) is 5.21. The van der Waals surface area contributed by atoms with Gasteiger partial charge in [-0.05, 0) is 40.0 Å². The van der Waals surface area contributed by atoms with Gasteiger partial charge in [-0.1, -0.05) is 36.4 Å². The highest BCUT2D eigenvalue weighted by molar-refractivity contribution is 9.10. The molecular formula is C15H17BrN2O. The molecule has 2 N–H and O–H groups in total. The Balaban J connectivity index is 1.89. The molecule has 0 aliphatic rings. The lowest BCUT2D eigenvalue weighted by molar-refractivity contribution is 0.240. The number of benzene rings is 1. The van der Waals surface area contributed by atoms with Gasteiger partial charge in [0.05, 0.1) is 12.3 Å². The largest absolute Gasteiger partial charge is 0.395 e. The molecule has 1 aromatic carbocycles. The lowest BCUT2D eigenvalue weighted by Crippen LogP contribution is -2.34. The molecule has 0 saturated heterocycles. The number of hydrogen-bond donors (Lipinski definition) is 2. The van der Waals surface area contributed by atoms with Crippen LogP contribution in [0, 0.1) is 0 Å². The molecule has 1 aromatic heterocycles. The Morgan fingerprint density at radius 3 is 2.58 bits per heavy atom. The molecule has 0 bridgehead atoms. The van der Waals surface area contributed by atoms with E-state index >= 15 is 0 Å². The van der Waals surface area contributed by atoms with Crippen LogP contribution in [0.5, 0.6) is 0 Å². The highest BCUT2D eigenvalue weighted by Crippen LogP contribution is 2.07. The average Bonchev–Trinajstić information content (AvgIpc) is 2.44. The average molecular weight is 321 g/mol. The monoisotopic (exact) mass is 320 g/mol. The minimum absolute atomic E-state index is 0.0446. The van der Waals surface area contributed by atoms with E-state index in [9.17, 15) is 5.11 Å². The van der Waals surface area contributed by atoms with Crippen LogP contribution in [0.1, 0.15) is 11.3 Å². The van der Waals surface area contributed by atoms with Crippen LogP contribution >= 0.6 is 15.9 Å². The van der Waals surface area contributed by atoms with Gasteiger partial charge in [0, 0.05) is 12.6 Å². The summed E-state index contributed by atoms with van der Waals surface area (Å²) in [5, 5.41) is 12.8. The van der Waals surface area contributed by atoms with Crippen LogP contribution in [0.15, 0.2) is 53.1 Å². The summed E-state index contributed by atoms with van der Waals surface area (Å²) in [6.45, 7) is 0.764. The van der Waals surface area contributed by atoms with E-state index in [0.29, 0.717) is 6.54 Å². The smallest absolute Gasteiger partial charge is 0.106 e. The lowest BCUT2D eigenvalue weighted by Gasteiger charge is -2.16. The zero-order valence-corrected chi connectivity index (χ0v) is 12.2. The van der Waals surface area contributed by atoms with Crippen molar-refractivity contribution in [3.8, 4) is 0 Å². The van der Waals surface area contributed by atoms with Crippen molar-refractivity contribution in [3.05, 3.63) is 64.4 Å². The normalized spacial score (nSPS) is 12.3. The quantitative estimate of drug-likeness (QED) is 0.804. The Hall–Kier alpha value is -1.23. The van der Waals surface area contributed by atoms with Gasteiger partial charge in [-0.2, -0.15) is 0 Å². The summed E-state index contributed by atoms with van der Waals surface area (Å²) in [5.74, 6) is 0. The summed E-state index contributed by atoms with van der Waals surface area (Å²) >= 11 is 3.35. The molecule has 100 valence electrons. The molecule has 2 rings (SSSR count). The number of rotatable bonds is 6. The van der Waals surface area contributed by atoms with E-state index in [1.807, 2.05) is 36.4 Å². The van der Waals surface area contributed by atoms with E-state index < -0.39 is 0 Å². The maximum absolute atomic E-state index is 9.43. The topological polar surface area (TPSA) is 45.1 Å². The summed E-state index contributed by atoms with van der Waals surface area (Å²) < 4.78 is 0.829. The van der Waals surface area contributed by atoms with Gasteiger partial charge in [0.15, 0.2) is 0 Å². The van der Waals surface area contributed by atoms with Gasteiger partial charge in [-0.15, -0.1) is 0 Å². The van der Waals surface area contributed by atoms with Crippen molar-refractivity contribution in [2.45, 2.75) is 19.0 Å². The first kappa shape index (κ1) is 14.2. The molecule has 1 heterocycles. The standard InChI is InChI=1S/C15H17BrN2O/c16-15-8-4-7-13(18-15)10-17-14(11-19)9-12-5-2-1-3-6-12/h1-8,14,17,19H,9-11H2. The predicted molar refractivity (Wildman–Crippen MR) is 79.8 cm³/mol. The fourth-order valence-electron chi connectivity index (χ4n) is 1.90. The SMILES string of the molecule is OCC(Cc1ccccc1)NCc1cccc(Br)n1. The third-order valence-corrected chi connectivity index (χ3v) is 3.33. The molecule has 0 aliphatic heterocycles. The van der Waals surface area contributed by atoms with E-state index in [0.717, 1.165) is 16.7 Å². The van der Waals surface area contributed by atoms with Gasteiger partial charge in [0.25, 0.3) is 0 Å². The number of aromatic nitrogens is 1. The van der Waals surface area contributed by atoms with Crippen molar-refractivity contribution in [3.63, 3.8) is 0 Å². The first-order valence-electron chi connectivity index (χ1n) is 6.27. The Morgan fingerprint density at radius 2 is 1.89 bits per heavy atom. The molecule has 0 amide bonds. The van der Waals surface area contributed by atoms with Gasteiger partial charge < -0.3 is 10.4 Å². The Bertz CT molecular complexity index is 505. The minimum atomic E-state index is 0.0446. The van der Waals surface area contributed by atoms with E-state index in [4.69, 9.17) is 0 Å². The molecule has 1 unspecified atom stereocenters. The van der Waals surface area contributed by atoms with Crippen LogP contribution in [0.3, 0.4) is 0 Å². The zero-order valence-electron chi connectivity index (χ0n) is 10.6. The molecule has 4 heteroatoms. The Morgan fingerprint density at radius 1 is 1.11 bits per heavy atom. The summed E-state index contributed by atoms with van der Waals surface area (Å²) in [4.78, 5) is 4.36. The minimum Gasteiger partial charge on any atom is -0.395 e. The maximum Gasteiger partial charge on any atom is 0.106 e. The molecule has 0 radical (unpaired) electrons. The highest BCUT2D eigenvalue weighted by atomic mass is 79.9. The molecule has 0 saturated carbocycles. The molecular weight excluding hydrogens is 304 g/mol. The fourth-order valence-corrected chi connectivity index (χ4v) is 2.28. The third kappa shape index (κ3) is 4.74. The number of halogens is 1. The predicted octanol–water partition coefficient (Wildman–Crippen LogP) is 2.54.